The van der Waals surface area contributed by atoms with Crippen molar-refractivity contribution in [2.24, 2.45) is 5.92 Å². The first-order valence-corrected chi connectivity index (χ1v) is 5.10. The van der Waals surface area contributed by atoms with Gasteiger partial charge < -0.3 is 4.90 Å². The molecule has 1 aromatic carbocycles. The van der Waals surface area contributed by atoms with Gasteiger partial charge in [-0.05, 0) is 25.0 Å². The summed E-state index contributed by atoms with van der Waals surface area (Å²) in [4.78, 5) is 2.30. The van der Waals surface area contributed by atoms with Gasteiger partial charge in [0, 0.05) is 18.8 Å². The second-order valence-corrected chi connectivity index (χ2v) is 3.75. The van der Waals surface area contributed by atoms with Crippen LogP contribution < -0.4 is 4.90 Å². The summed E-state index contributed by atoms with van der Waals surface area (Å²) in [6.07, 6.45) is 2.19. The van der Waals surface area contributed by atoms with Crippen LogP contribution in [0.3, 0.4) is 0 Å². The monoisotopic (exact) mass is 186 g/mol. The molecular weight excluding hydrogens is 172 g/mol. The van der Waals surface area contributed by atoms with Gasteiger partial charge in [-0.15, -0.1) is 0 Å². The number of benzene rings is 1. The average molecular weight is 186 g/mol. The van der Waals surface area contributed by atoms with E-state index in [0.29, 0.717) is 0 Å². The Kier molecular flexibility index (Phi) is 2.69. The third-order valence-electron chi connectivity index (χ3n) is 2.73. The van der Waals surface area contributed by atoms with Crippen LogP contribution in [0.15, 0.2) is 30.3 Å². The lowest BCUT2D eigenvalue weighted by molar-refractivity contribution is 0.493. The van der Waals surface area contributed by atoms with Crippen LogP contribution >= 0.6 is 0 Å². The van der Waals surface area contributed by atoms with Crippen LogP contribution in [0.1, 0.15) is 12.8 Å². The van der Waals surface area contributed by atoms with E-state index in [2.05, 4.69) is 23.1 Å². The van der Waals surface area contributed by atoms with E-state index in [-0.39, 0.29) is 5.92 Å². The fourth-order valence-corrected chi connectivity index (χ4v) is 1.96. The van der Waals surface area contributed by atoms with Gasteiger partial charge in [-0.25, -0.2) is 0 Å². The molecule has 1 aliphatic heterocycles. The van der Waals surface area contributed by atoms with Crippen molar-refractivity contribution < 1.29 is 0 Å². The normalized spacial score (nSPS) is 21.6. The van der Waals surface area contributed by atoms with Gasteiger partial charge in [0.2, 0.25) is 0 Å². The van der Waals surface area contributed by atoms with E-state index < -0.39 is 0 Å². The van der Waals surface area contributed by atoms with E-state index >= 15 is 0 Å². The largest absolute Gasteiger partial charge is 0.370 e. The molecule has 0 N–H and O–H groups in total. The number of nitrogens with zero attached hydrogens (tertiary/aromatic N) is 2. The van der Waals surface area contributed by atoms with Crippen molar-refractivity contribution in [3.05, 3.63) is 30.3 Å². The number of para-hydroxylation sites is 1. The molecule has 72 valence electrons. The van der Waals surface area contributed by atoms with E-state index in [1.165, 1.54) is 5.69 Å². The van der Waals surface area contributed by atoms with Crippen LogP contribution in [0.2, 0.25) is 0 Å². The van der Waals surface area contributed by atoms with E-state index in [1.807, 2.05) is 18.2 Å². The van der Waals surface area contributed by atoms with Crippen LogP contribution in [0.5, 0.6) is 0 Å². The summed E-state index contributed by atoms with van der Waals surface area (Å²) < 4.78 is 0. The fraction of sp³-hybridized carbons (Fsp3) is 0.417. The molecule has 0 radical (unpaired) electrons. The minimum absolute atomic E-state index is 0.212. The molecule has 0 saturated carbocycles. The summed E-state index contributed by atoms with van der Waals surface area (Å²) in [5.41, 5.74) is 1.24. The molecule has 0 unspecified atom stereocenters. The first kappa shape index (κ1) is 9.08. The number of anilines is 1. The topological polar surface area (TPSA) is 27.0 Å². The Hall–Kier alpha value is -1.49. The molecular formula is C12H14N2. The number of hydrogen-bond acceptors (Lipinski definition) is 2. The molecule has 1 saturated heterocycles. The van der Waals surface area contributed by atoms with Gasteiger partial charge in [0.25, 0.3) is 0 Å². The van der Waals surface area contributed by atoms with E-state index in [0.717, 1.165) is 25.9 Å². The maximum absolute atomic E-state index is 8.88. The van der Waals surface area contributed by atoms with Crippen molar-refractivity contribution in [2.45, 2.75) is 12.8 Å². The second-order valence-electron chi connectivity index (χ2n) is 3.75. The zero-order valence-electron chi connectivity index (χ0n) is 8.19. The molecule has 1 atom stereocenters. The Bertz CT molecular complexity index is 326. The fourth-order valence-electron chi connectivity index (χ4n) is 1.96. The van der Waals surface area contributed by atoms with Crippen LogP contribution in [0, 0.1) is 17.2 Å². The van der Waals surface area contributed by atoms with Gasteiger partial charge in [-0.1, -0.05) is 18.2 Å². The molecule has 0 aromatic heterocycles. The molecule has 14 heavy (non-hydrogen) atoms. The molecule has 1 heterocycles. The predicted molar refractivity (Wildman–Crippen MR) is 57.0 cm³/mol. The van der Waals surface area contributed by atoms with Gasteiger partial charge in [0.05, 0.1) is 12.0 Å². The van der Waals surface area contributed by atoms with Crippen LogP contribution in [-0.2, 0) is 0 Å². The maximum atomic E-state index is 8.88. The number of piperidine rings is 1. The summed E-state index contributed by atoms with van der Waals surface area (Å²) in [5.74, 6) is 0.212. The van der Waals surface area contributed by atoms with Crippen molar-refractivity contribution in [1.29, 1.82) is 5.26 Å². The summed E-state index contributed by atoms with van der Waals surface area (Å²) in [6.45, 7) is 1.97. The zero-order chi connectivity index (χ0) is 9.80. The van der Waals surface area contributed by atoms with E-state index in [4.69, 9.17) is 5.26 Å². The quantitative estimate of drug-likeness (QED) is 0.673. The lowest BCUT2D eigenvalue weighted by Crippen LogP contribution is -2.34. The molecule has 2 heteroatoms. The molecule has 2 nitrogen and oxygen atoms in total. The van der Waals surface area contributed by atoms with Crippen molar-refractivity contribution in [1.82, 2.24) is 0 Å². The average Bonchev–Trinajstić information content (AvgIpc) is 2.30. The summed E-state index contributed by atoms with van der Waals surface area (Å²) in [6, 6.07) is 12.7. The zero-order valence-corrected chi connectivity index (χ0v) is 8.19. The number of rotatable bonds is 1. The van der Waals surface area contributed by atoms with Crippen molar-refractivity contribution in [3.63, 3.8) is 0 Å². The Balaban J connectivity index is 2.09. The van der Waals surface area contributed by atoms with Crippen LogP contribution in [0.25, 0.3) is 0 Å². The first-order valence-electron chi connectivity index (χ1n) is 5.10. The highest BCUT2D eigenvalue weighted by Gasteiger charge is 2.19. The van der Waals surface area contributed by atoms with Gasteiger partial charge >= 0.3 is 0 Å². The smallest absolute Gasteiger partial charge is 0.0674 e. The van der Waals surface area contributed by atoms with Crippen molar-refractivity contribution in [2.75, 3.05) is 18.0 Å². The molecule has 1 aromatic rings. The molecule has 1 aliphatic rings. The highest BCUT2D eigenvalue weighted by Crippen LogP contribution is 2.22. The minimum atomic E-state index is 0.212. The van der Waals surface area contributed by atoms with Crippen molar-refractivity contribution >= 4 is 5.69 Å². The summed E-state index contributed by atoms with van der Waals surface area (Å²) in [7, 11) is 0. The lowest BCUT2D eigenvalue weighted by Gasteiger charge is -2.31. The molecule has 0 bridgehead atoms. The Labute approximate surface area is 84.8 Å². The highest BCUT2D eigenvalue weighted by atomic mass is 15.1. The summed E-state index contributed by atoms with van der Waals surface area (Å²) in [5, 5.41) is 8.88. The van der Waals surface area contributed by atoms with Gasteiger partial charge in [0.15, 0.2) is 0 Å². The minimum Gasteiger partial charge on any atom is -0.370 e. The molecule has 1 fully saturated rings. The Morgan fingerprint density at radius 2 is 2.07 bits per heavy atom. The number of hydrogen-bond donors (Lipinski definition) is 0. The summed E-state index contributed by atoms with van der Waals surface area (Å²) >= 11 is 0. The number of nitriles is 1. The maximum Gasteiger partial charge on any atom is 0.0674 e. The highest BCUT2D eigenvalue weighted by molar-refractivity contribution is 5.46. The second kappa shape index (κ2) is 4.15. The SMILES string of the molecule is N#C[C@H]1CCCN(c2ccccc2)C1. The third-order valence-corrected chi connectivity index (χ3v) is 2.73. The molecule has 0 aliphatic carbocycles. The predicted octanol–water partition coefficient (Wildman–Crippen LogP) is 2.43. The molecule has 2 rings (SSSR count). The van der Waals surface area contributed by atoms with E-state index in [9.17, 15) is 0 Å². The third kappa shape index (κ3) is 1.88. The van der Waals surface area contributed by atoms with Gasteiger partial charge in [0.1, 0.15) is 0 Å². The van der Waals surface area contributed by atoms with Crippen LogP contribution in [-0.4, -0.2) is 13.1 Å². The van der Waals surface area contributed by atoms with Gasteiger partial charge in [-0.2, -0.15) is 5.26 Å². The Morgan fingerprint density at radius 1 is 1.29 bits per heavy atom. The van der Waals surface area contributed by atoms with Gasteiger partial charge in [-0.3, -0.25) is 0 Å². The standard InChI is InChI=1S/C12H14N2/c13-9-11-5-4-8-14(10-11)12-6-2-1-3-7-12/h1-3,6-7,11H,4-5,8,10H2/t11-/m1/s1. The first-order chi connectivity index (χ1) is 6.90. The van der Waals surface area contributed by atoms with E-state index in [1.54, 1.807) is 0 Å². The van der Waals surface area contributed by atoms with Crippen molar-refractivity contribution in [3.8, 4) is 6.07 Å². The van der Waals surface area contributed by atoms with Crippen LogP contribution in [0.4, 0.5) is 5.69 Å². The lowest BCUT2D eigenvalue weighted by atomic mass is 9.99. The Morgan fingerprint density at radius 3 is 2.79 bits per heavy atom. The molecule has 0 amide bonds. The molecule has 0 spiro atoms.